The molecule has 1 unspecified atom stereocenters. The molecule has 0 aliphatic carbocycles. The van der Waals surface area contributed by atoms with Crippen LogP contribution in [-0.4, -0.2) is 40.1 Å². The second kappa shape index (κ2) is 7.62. The summed E-state index contributed by atoms with van der Waals surface area (Å²) in [7, 11) is 0. The number of nitrogens with one attached hydrogen (secondary N) is 2. The number of nitrogens with zero attached hydrogens (tertiary/aromatic N) is 2. The lowest BCUT2D eigenvalue weighted by atomic mass is 10.00. The number of benzene rings is 1. The highest BCUT2D eigenvalue weighted by atomic mass is 16.2. The highest BCUT2D eigenvalue weighted by Gasteiger charge is 2.19. The minimum absolute atomic E-state index is 0.0917. The number of aromatic amines is 1. The van der Waals surface area contributed by atoms with Crippen LogP contribution in [0.15, 0.2) is 30.3 Å². The van der Waals surface area contributed by atoms with Gasteiger partial charge < -0.3 is 5.32 Å². The average Bonchev–Trinajstić information content (AvgIpc) is 3.04. The molecule has 1 aromatic heterocycles. The maximum absolute atomic E-state index is 12.3. The summed E-state index contributed by atoms with van der Waals surface area (Å²) in [6.07, 6.45) is 3.04. The number of fused-ring (bicyclic) bond motifs is 1. The minimum Gasteiger partial charge on any atom is -0.347 e. The number of rotatable bonds is 6. The lowest BCUT2D eigenvalue weighted by Crippen LogP contribution is -2.43. The summed E-state index contributed by atoms with van der Waals surface area (Å²) in [5, 5.41) is 10.1. The first kappa shape index (κ1) is 16.7. The van der Waals surface area contributed by atoms with Gasteiger partial charge in [-0.15, -0.1) is 0 Å². The zero-order valence-electron chi connectivity index (χ0n) is 14.5. The fraction of sp³-hybridized carbons (Fsp3) is 0.474. The fourth-order valence-electron chi connectivity index (χ4n) is 3.32. The zero-order chi connectivity index (χ0) is 16.9. The zero-order valence-corrected chi connectivity index (χ0v) is 14.5. The summed E-state index contributed by atoms with van der Waals surface area (Å²) in [5.74, 6) is -0.0986. The van der Waals surface area contributed by atoms with Gasteiger partial charge in [-0.25, -0.2) is 0 Å². The van der Waals surface area contributed by atoms with Crippen molar-refractivity contribution in [1.29, 1.82) is 0 Å². The van der Waals surface area contributed by atoms with E-state index in [0.717, 1.165) is 44.6 Å². The number of amides is 1. The number of carbonyl (C=O) groups is 1. The molecule has 1 amide bonds. The van der Waals surface area contributed by atoms with Crippen molar-refractivity contribution in [3.05, 3.63) is 52.8 Å². The Balaban J connectivity index is 1.52. The predicted molar refractivity (Wildman–Crippen MR) is 94.9 cm³/mol. The van der Waals surface area contributed by atoms with Crippen LogP contribution in [0.4, 0.5) is 0 Å². The predicted octanol–water partition coefficient (Wildman–Crippen LogP) is 2.54. The van der Waals surface area contributed by atoms with E-state index in [0.29, 0.717) is 5.69 Å². The van der Waals surface area contributed by atoms with Gasteiger partial charge in [-0.3, -0.25) is 14.8 Å². The molecule has 2 heterocycles. The smallest absolute Gasteiger partial charge is 0.272 e. The molecule has 0 fully saturated rings. The summed E-state index contributed by atoms with van der Waals surface area (Å²) in [6, 6.07) is 10.6. The van der Waals surface area contributed by atoms with Crippen molar-refractivity contribution >= 4 is 5.91 Å². The van der Waals surface area contributed by atoms with Crippen LogP contribution in [0.25, 0.3) is 0 Å². The third-order valence-electron chi connectivity index (χ3n) is 4.50. The molecule has 1 aliphatic heterocycles. The number of hydrogen-bond donors (Lipinski definition) is 2. The van der Waals surface area contributed by atoms with Gasteiger partial charge in [-0.05, 0) is 37.0 Å². The number of carbonyl (C=O) groups excluding carboxylic acids is 1. The first-order chi connectivity index (χ1) is 11.7. The van der Waals surface area contributed by atoms with E-state index in [4.69, 9.17) is 0 Å². The molecule has 128 valence electrons. The summed E-state index contributed by atoms with van der Waals surface area (Å²) < 4.78 is 0. The monoisotopic (exact) mass is 326 g/mol. The highest BCUT2D eigenvalue weighted by Crippen LogP contribution is 2.18. The van der Waals surface area contributed by atoms with Crippen molar-refractivity contribution in [3.63, 3.8) is 0 Å². The van der Waals surface area contributed by atoms with Crippen LogP contribution in [0.1, 0.15) is 47.6 Å². The summed E-state index contributed by atoms with van der Waals surface area (Å²) in [4.78, 5) is 14.7. The molecule has 0 saturated carbocycles. The van der Waals surface area contributed by atoms with Crippen molar-refractivity contribution in [2.75, 3.05) is 13.1 Å². The summed E-state index contributed by atoms with van der Waals surface area (Å²) >= 11 is 0. The van der Waals surface area contributed by atoms with Crippen LogP contribution in [0.2, 0.25) is 0 Å². The Morgan fingerprint density at radius 3 is 2.96 bits per heavy atom. The number of H-pyrrole nitrogens is 1. The van der Waals surface area contributed by atoms with Crippen LogP contribution < -0.4 is 5.32 Å². The maximum atomic E-state index is 12.3. The van der Waals surface area contributed by atoms with Gasteiger partial charge >= 0.3 is 0 Å². The van der Waals surface area contributed by atoms with Gasteiger partial charge in [-0.1, -0.05) is 37.6 Å². The van der Waals surface area contributed by atoms with E-state index in [9.17, 15) is 4.79 Å². The molecule has 0 radical (unpaired) electrons. The molecule has 2 aromatic rings. The molecule has 0 spiro atoms. The van der Waals surface area contributed by atoms with Crippen LogP contribution in [0.3, 0.4) is 0 Å². The van der Waals surface area contributed by atoms with E-state index in [1.165, 1.54) is 11.1 Å². The van der Waals surface area contributed by atoms with Gasteiger partial charge in [0.15, 0.2) is 0 Å². The van der Waals surface area contributed by atoms with Crippen molar-refractivity contribution in [1.82, 2.24) is 20.4 Å². The van der Waals surface area contributed by atoms with Gasteiger partial charge in [0.2, 0.25) is 0 Å². The Labute approximate surface area is 143 Å². The molecule has 5 heteroatoms. The van der Waals surface area contributed by atoms with Crippen LogP contribution in [0.5, 0.6) is 0 Å². The number of aryl methyl sites for hydroxylation is 1. The van der Waals surface area contributed by atoms with Crippen LogP contribution >= 0.6 is 0 Å². The van der Waals surface area contributed by atoms with Gasteiger partial charge in [0, 0.05) is 31.4 Å². The topological polar surface area (TPSA) is 61.0 Å². The summed E-state index contributed by atoms with van der Waals surface area (Å²) in [6.45, 7) is 7.02. The largest absolute Gasteiger partial charge is 0.347 e. The first-order valence-corrected chi connectivity index (χ1v) is 8.80. The van der Waals surface area contributed by atoms with Gasteiger partial charge in [0.1, 0.15) is 5.69 Å². The molecule has 0 saturated heterocycles. The van der Waals surface area contributed by atoms with Crippen molar-refractivity contribution in [2.24, 2.45) is 0 Å². The average molecular weight is 326 g/mol. The molecular weight excluding hydrogens is 300 g/mol. The molecule has 2 N–H and O–H groups in total. The van der Waals surface area contributed by atoms with Crippen LogP contribution in [-0.2, 0) is 19.4 Å². The molecule has 1 aliphatic rings. The molecular formula is C19H26N4O. The molecule has 1 atom stereocenters. The van der Waals surface area contributed by atoms with Crippen LogP contribution in [0, 0.1) is 0 Å². The van der Waals surface area contributed by atoms with Gasteiger partial charge in [0.05, 0.1) is 0 Å². The first-order valence-electron chi connectivity index (χ1n) is 8.80. The van der Waals surface area contributed by atoms with E-state index in [-0.39, 0.29) is 11.9 Å². The third-order valence-corrected chi connectivity index (χ3v) is 4.50. The Kier molecular flexibility index (Phi) is 5.30. The standard InChI is InChI=1S/C19H26N4O/c1-3-6-17-11-18(22-21-17)19(24)20-14(2)12-23-10-9-15-7-4-5-8-16(15)13-23/h4-5,7-8,11,14H,3,6,9-10,12-13H2,1-2H3,(H,20,24)(H,21,22). The molecule has 1 aromatic carbocycles. The quantitative estimate of drug-likeness (QED) is 0.857. The number of hydrogen-bond acceptors (Lipinski definition) is 3. The van der Waals surface area contributed by atoms with Crippen molar-refractivity contribution in [2.45, 2.75) is 45.7 Å². The Hall–Kier alpha value is -2.14. The van der Waals surface area contributed by atoms with E-state index in [1.807, 2.05) is 6.07 Å². The maximum Gasteiger partial charge on any atom is 0.272 e. The second-order valence-electron chi connectivity index (χ2n) is 6.66. The Morgan fingerprint density at radius 2 is 2.17 bits per heavy atom. The molecule has 5 nitrogen and oxygen atoms in total. The Bertz CT molecular complexity index is 694. The summed E-state index contributed by atoms with van der Waals surface area (Å²) in [5.41, 5.74) is 4.35. The van der Waals surface area contributed by atoms with Gasteiger partial charge in [0.25, 0.3) is 5.91 Å². The molecule has 24 heavy (non-hydrogen) atoms. The van der Waals surface area contributed by atoms with E-state index in [1.54, 1.807) is 0 Å². The molecule has 0 bridgehead atoms. The second-order valence-corrected chi connectivity index (χ2v) is 6.66. The normalized spacial score (nSPS) is 15.8. The lowest BCUT2D eigenvalue weighted by molar-refractivity contribution is 0.0922. The van der Waals surface area contributed by atoms with E-state index >= 15 is 0 Å². The minimum atomic E-state index is -0.0986. The fourth-order valence-corrected chi connectivity index (χ4v) is 3.32. The number of aromatic nitrogens is 2. The Morgan fingerprint density at radius 1 is 1.38 bits per heavy atom. The van der Waals surface area contributed by atoms with Crippen molar-refractivity contribution < 1.29 is 4.79 Å². The third kappa shape index (κ3) is 4.03. The molecule has 3 rings (SSSR count). The lowest BCUT2D eigenvalue weighted by Gasteiger charge is -2.31. The van der Waals surface area contributed by atoms with E-state index < -0.39 is 0 Å². The highest BCUT2D eigenvalue weighted by molar-refractivity contribution is 5.92. The SMILES string of the molecule is CCCc1cc(C(=O)NC(C)CN2CCc3ccccc3C2)n[nH]1. The van der Waals surface area contributed by atoms with E-state index in [2.05, 4.69) is 58.5 Å². The van der Waals surface area contributed by atoms with Crippen molar-refractivity contribution in [3.8, 4) is 0 Å². The van der Waals surface area contributed by atoms with Gasteiger partial charge in [-0.2, -0.15) is 5.10 Å².